The zero-order valence-electron chi connectivity index (χ0n) is 21.6. The Labute approximate surface area is 224 Å². The number of carbonyl (C=O) groups excluding carboxylic acids is 2. The molecule has 1 fully saturated rings. The molecule has 0 saturated carbocycles. The highest BCUT2D eigenvalue weighted by Crippen LogP contribution is 2.28. The maximum atomic E-state index is 13.4. The minimum atomic E-state index is -4.11. The van der Waals surface area contributed by atoms with Crippen molar-refractivity contribution in [3.8, 4) is 5.75 Å². The number of rotatable bonds is 9. The average molecular weight is 536 g/mol. The van der Waals surface area contributed by atoms with Crippen LogP contribution in [-0.2, 0) is 16.4 Å². The number of sulfonamides is 1. The van der Waals surface area contributed by atoms with Crippen LogP contribution in [0.5, 0.6) is 5.75 Å². The van der Waals surface area contributed by atoms with Crippen LogP contribution in [0.15, 0.2) is 77.7 Å². The van der Waals surface area contributed by atoms with Crippen molar-refractivity contribution in [1.29, 1.82) is 0 Å². The van der Waals surface area contributed by atoms with Gasteiger partial charge in [-0.1, -0.05) is 49.4 Å². The standard InChI is InChI=1S/C29H33N3O5S/c1-21-15-18-32(19-16-21)29(34)25-20-23(12-13-27(25)37-2)38(35,36)31-26-11-7-6-10-24(26)28(33)30-17-14-22-8-4-3-5-9-22/h3-13,20-21,31H,14-19H2,1-2H3,(H,30,33). The second-order valence-electron chi connectivity index (χ2n) is 9.48. The van der Waals surface area contributed by atoms with E-state index in [0.29, 0.717) is 37.7 Å². The first-order valence-electron chi connectivity index (χ1n) is 12.7. The highest BCUT2D eigenvalue weighted by atomic mass is 32.2. The second-order valence-corrected chi connectivity index (χ2v) is 11.2. The monoisotopic (exact) mass is 535 g/mol. The molecule has 1 aliphatic rings. The fourth-order valence-corrected chi connectivity index (χ4v) is 5.54. The molecule has 8 nitrogen and oxygen atoms in total. The van der Waals surface area contributed by atoms with Crippen molar-refractivity contribution in [3.63, 3.8) is 0 Å². The third-order valence-electron chi connectivity index (χ3n) is 6.74. The van der Waals surface area contributed by atoms with Crippen molar-refractivity contribution in [2.45, 2.75) is 31.1 Å². The van der Waals surface area contributed by atoms with E-state index in [-0.39, 0.29) is 33.5 Å². The molecule has 0 bridgehead atoms. The van der Waals surface area contributed by atoms with E-state index in [1.54, 1.807) is 23.1 Å². The van der Waals surface area contributed by atoms with E-state index in [2.05, 4.69) is 17.0 Å². The number of methoxy groups -OCH3 is 1. The van der Waals surface area contributed by atoms with Crippen molar-refractivity contribution < 1.29 is 22.7 Å². The number of nitrogens with one attached hydrogen (secondary N) is 2. The number of ether oxygens (including phenoxy) is 1. The summed E-state index contributed by atoms with van der Waals surface area (Å²) < 4.78 is 34.6. The van der Waals surface area contributed by atoms with Gasteiger partial charge in [0.25, 0.3) is 21.8 Å². The van der Waals surface area contributed by atoms with Crippen molar-refractivity contribution in [3.05, 3.63) is 89.5 Å². The number of anilines is 1. The highest BCUT2D eigenvalue weighted by Gasteiger charge is 2.26. The topological polar surface area (TPSA) is 105 Å². The van der Waals surface area contributed by atoms with E-state index in [4.69, 9.17) is 4.74 Å². The molecule has 38 heavy (non-hydrogen) atoms. The van der Waals surface area contributed by atoms with Gasteiger partial charge in [0.15, 0.2) is 0 Å². The molecule has 0 aromatic heterocycles. The molecule has 2 N–H and O–H groups in total. The molecule has 0 spiro atoms. The Morgan fingerprint density at radius 1 is 0.947 bits per heavy atom. The van der Waals surface area contributed by atoms with E-state index in [9.17, 15) is 18.0 Å². The van der Waals surface area contributed by atoms with E-state index in [1.165, 1.54) is 31.4 Å². The number of piperidine rings is 1. The van der Waals surface area contributed by atoms with Crippen LogP contribution in [0, 0.1) is 5.92 Å². The normalized spacial score (nSPS) is 14.1. The first kappa shape index (κ1) is 27.2. The van der Waals surface area contributed by atoms with Gasteiger partial charge in [-0.05, 0) is 61.1 Å². The molecule has 3 aromatic carbocycles. The van der Waals surface area contributed by atoms with Gasteiger partial charge in [-0.3, -0.25) is 14.3 Å². The predicted molar refractivity (Wildman–Crippen MR) is 147 cm³/mol. The summed E-state index contributed by atoms with van der Waals surface area (Å²) in [6.45, 7) is 3.79. The fraction of sp³-hybridized carbons (Fsp3) is 0.310. The highest BCUT2D eigenvalue weighted by molar-refractivity contribution is 7.92. The second kappa shape index (κ2) is 12.1. The third-order valence-corrected chi connectivity index (χ3v) is 8.10. The van der Waals surface area contributed by atoms with Gasteiger partial charge in [0.2, 0.25) is 0 Å². The number of amides is 2. The Morgan fingerprint density at radius 2 is 1.63 bits per heavy atom. The summed E-state index contributed by atoms with van der Waals surface area (Å²) in [5.74, 6) is 0.214. The lowest BCUT2D eigenvalue weighted by molar-refractivity contribution is 0.0693. The maximum absolute atomic E-state index is 13.4. The van der Waals surface area contributed by atoms with E-state index in [0.717, 1.165) is 18.4 Å². The summed E-state index contributed by atoms with van der Waals surface area (Å²) in [7, 11) is -2.66. The van der Waals surface area contributed by atoms with Crippen LogP contribution in [0.1, 0.15) is 46.0 Å². The van der Waals surface area contributed by atoms with Crippen LogP contribution in [-0.4, -0.2) is 51.9 Å². The molecule has 200 valence electrons. The summed E-state index contributed by atoms with van der Waals surface area (Å²) in [6.07, 6.45) is 2.45. The number of likely N-dealkylation sites (tertiary alicyclic amines) is 1. The molecule has 3 aromatic rings. The van der Waals surface area contributed by atoms with Gasteiger partial charge < -0.3 is 15.0 Å². The average Bonchev–Trinajstić information content (AvgIpc) is 2.93. The van der Waals surface area contributed by atoms with Crippen LogP contribution in [0.2, 0.25) is 0 Å². The molecule has 1 aliphatic heterocycles. The van der Waals surface area contributed by atoms with Gasteiger partial charge in [-0.15, -0.1) is 0 Å². The Morgan fingerprint density at radius 3 is 2.34 bits per heavy atom. The molecule has 9 heteroatoms. The SMILES string of the molecule is COc1ccc(S(=O)(=O)Nc2ccccc2C(=O)NCCc2ccccc2)cc1C(=O)N1CCC(C)CC1. The summed E-state index contributed by atoms with van der Waals surface area (Å²) in [4.78, 5) is 27.8. The lowest BCUT2D eigenvalue weighted by Crippen LogP contribution is -2.38. The number of carbonyl (C=O) groups is 2. The minimum absolute atomic E-state index is 0.0914. The molecular weight excluding hydrogens is 502 g/mol. The van der Waals surface area contributed by atoms with Crippen LogP contribution in [0.25, 0.3) is 0 Å². The number of nitrogens with zero attached hydrogens (tertiary/aromatic N) is 1. The van der Waals surface area contributed by atoms with Crippen molar-refractivity contribution in [2.24, 2.45) is 5.92 Å². The molecule has 0 unspecified atom stereocenters. The van der Waals surface area contributed by atoms with Gasteiger partial charge in [0.05, 0.1) is 28.8 Å². The van der Waals surface area contributed by atoms with Crippen LogP contribution < -0.4 is 14.8 Å². The summed E-state index contributed by atoms with van der Waals surface area (Å²) in [6, 6.07) is 20.4. The zero-order valence-corrected chi connectivity index (χ0v) is 22.5. The minimum Gasteiger partial charge on any atom is -0.496 e. The first-order chi connectivity index (χ1) is 18.3. The molecule has 1 saturated heterocycles. The van der Waals surface area contributed by atoms with Crippen LogP contribution >= 0.6 is 0 Å². The van der Waals surface area contributed by atoms with E-state index in [1.807, 2.05) is 30.3 Å². The molecule has 0 radical (unpaired) electrons. The lowest BCUT2D eigenvalue weighted by Gasteiger charge is -2.30. The Kier molecular flexibility index (Phi) is 8.68. The van der Waals surface area contributed by atoms with Gasteiger partial charge in [-0.2, -0.15) is 0 Å². The van der Waals surface area contributed by atoms with Gasteiger partial charge in [-0.25, -0.2) is 8.42 Å². The van der Waals surface area contributed by atoms with Crippen molar-refractivity contribution >= 4 is 27.5 Å². The molecule has 2 amide bonds. The molecular formula is C29H33N3O5S. The number of benzene rings is 3. The lowest BCUT2D eigenvalue weighted by atomic mass is 9.98. The van der Waals surface area contributed by atoms with Crippen LogP contribution in [0.4, 0.5) is 5.69 Å². The van der Waals surface area contributed by atoms with Crippen molar-refractivity contribution in [2.75, 3.05) is 31.5 Å². The number of para-hydroxylation sites is 1. The first-order valence-corrected chi connectivity index (χ1v) is 14.2. The quantitative estimate of drug-likeness (QED) is 0.424. The molecule has 1 heterocycles. The van der Waals surface area contributed by atoms with E-state index < -0.39 is 10.0 Å². The largest absolute Gasteiger partial charge is 0.496 e. The predicted octanol–water partition coefficient (Wildman–Crippen LogP) is 4.34. The van der Waals surface area contributed by atoms with E-state index >= 15 is 0 Å². The Balaban J connectivity index is 1.52. The smallest absolute Gasteiger partial charge is 0.261 e. The molecule has 0 aliphatic carbocycles. The molecule has 4 rings (SSSR count). The maximum Gasteiger partial charge on any atom is 0.261 e. The summed E-state index contributed by atoms with van der Waals surface area (Å²) >= 11 is 0. The van der Waals surface area contributed by atoms with Gasteiger partial charge in [0.1, 0.15) is 5.75 Å². The Bertz CT molecular complexity index is 1380. The summed E-state index contributed by atoms with van der Waals surface area (Å²) in [5, 5.41) is 2.85. The number of hydrogen-bond acceptors (Lipinski definition) is 5. The van der Waals surface area contributed by atoms with Crippen molar-refractivity contribution in [1.82, 2.24) is 10.2 Å². The van der Waals surface area contributed by atoms with Gasteiger partial charge in [0, 0.05) is 19.6 Å². The summed E-state index contributed by atoms with van der Waals surface area (Å²) in [5.41, 5.74) is 1.64. The third kappa shape index (κ3) is 6.52. The molecule has 0 atom stereocenters. The zero-order chi connectivity index (χ0) is 27.1. The Hall–Kier alpha value is -3.85. The van der Waals surface area contributed by atoms with Gasteiger partial charge >= 0.3 is 0 Å². The number of hydrogen-bond donors (Lipinski definition) is 2. The van der Waals surface area contributed by atoms with Crippen LogP contribution in [0.3, 0.4) is 0 Å². The fourth-order valence-electron chi connectivity index (χ4n) is 4.44.